The smallest absolute Gasteiger partial charge is 0.119 e. The van der Waals surface area contributed by atoms with Crippen LogP contribution in [-0.2, 0) is 11.8 Å². The zero-order valence-electron chi connectivity index (χ0n) is 10.3. The topological polar surface area (TPSA) is 20.2 Å². The van der Waals surface area contributed by atoms with Crippen LogP contribution >= 0.6 is 22.6 Å². The highest BCUT2D eigenvalue weighted by molar-refractivity contribution is 14.1. The highest BCUT2D eigenvalue weighted by Gasteiger charge is 2.42. The molecule has 17 heavy (non-hydrogen) atoms. The highest BCUT2D eigenvalue weighted by Crippen LogP contribution is 2.53. The molecule has 2 aliphatic carbocycles. The molecule has 0 aromatic heterocycles. The number of halogens is 1. The number of hydrogen-bond donors (Lipinski definition) is 1. The van der Waals surface area contributed by atoms with E-state index < -0.39 is 0 Å². The number of hydrogen-bond acceptors (Lipinski definition) is 1. The summed E-state index contributed by atoms with van der Waals surface area (Å²) in [5.41, 5.74) is 3.13. The van der Waals surface area contributed by atoms with Gasteiger partial charge in [0.25, 0.3) is 0 Å². The second-order valence-electron chi connectivity index (χ2n) is 5.88. The lowest BCUT2D eigenvalue weighted by Crippen LogP contribution is -2.29. The number of rotatable bonds is 0. The van der Waals surface area contributed by atoms with Gasteiger partial charge in [-0.15, -0.1) is 0 Å². The van der Waals surface area contributed by atoms with Crippen molar-refractivity contribution in [2.75, 3.05) is 0 Å². The number of fused-ring (bicyclic) bond motifs is 2. The zero-order valence-corrected chi connectivity index (χ0v) is 12.5. The minimum absolute atomic E-state index is 0.400. The molecule has 1 spiro atoms. The van der Waals surface area contributed by atoms with E-state index in [1.807, 2.05) is 6.07 Å². The molecule has 0 saturated heterocycles. The average Bonchev–Trinajstić information content (AvgIpc) is 2.69. The molecule has 2 heteroatoms. The van der Waals surface area contributed by atoms with Gasteiger partial charge in [-0.05, 0) is 95.7 Å². The average molecular weight is 342 g/mol. The van der Waals surface area contributed by atoms with E-state index in [4.69, 9.17) is 0 Å². The maximum absolute atomic E-state index is 10.0. The van der Waals surface area contributed by atoms with Crippen molar-refractivity contribution in [1.82, 2.24) is 0 Å². The first-order valence-corrected chi connectivity index (χ1v) is 7.71. The van der Waals surface area contributed by atoms with Gasteiger partial charge >= 0.3 is 0 Å². The Hall–Kier alpha value is -0.250. The lowest BCUT2D eigenvalue weighted by atomic mass is 9.68. The first-order chi connectivity index (χ1) is 8.12. The van der Waals surface area contributed by atoms with Crippen molar-refractivity contribution in [1.29, 1.82) is 0 Å². The third-order valence-corrected chi connectivity index (χ3v) is 5.75. The van der Waals surface area contributed by atoms with Crippen LogP contribution in [0.15, 0.2) is 12.1 Å². The van der Waals surface area contributed by atoms with Crippen LogP contribution in [0.25, 0.3) is 0 Å². The molecule has 2 aliphatic rings. The molecule has 0 radical (unpaired) electrons. The van der Waals surface area contributed by atoms with Crippen molar-refractivity contribution in [3.05, 3.63) is 26.8 Å². The monoisotopic (exact) mass is 342 g/mol. The summed E-state index contributed by atoms with van der Waals surface area (Å²) in [5.74, 6) is 1.41. The molecule has 0 bridgehead atoms. The predicted molar refractivity (Wildman–Crippen MR) is 78.5 cm³/mol. The van der Waals surface area contributed by atoms with Gasteiger partial charge in [-0.3, -0.25) is 0 Å². The molecule has 0 unspecified atom stereocenters. The van der Waals surface area contributed by atoms with E-state index in [2.05, 4.69) is 35.6 Å². The molecule has 0 aliphatic heterocycles. The maximum Gasteiger partial charge on any atom is 0.119 e. The van der Waals surface area contributed by atoms with Gasteiger partial charge in [-0.25, -0.2) is 0 Å². The van der Waals surface area contributed by atoms with Gasteiger partial charge in [0.05, 0.1) is 0 Å². The molecular formula is C15H19IO. The Balaban J connectivity index is 2.06. The van der Waals surface area contributed by atoms with Crippen molar-refractivity contribution >= 4 is 22.6 Å². The minimum Gasteiger partial charge on any atom is -0.508 e. The van der Waals surface area contributed by atoms with Crippen LogP contribution in [0.3, 0.4) is 0 Å². The lowest BCUT2D eigenvalue weighted by molar-refractivity contribution is 0.240. The SMILES string of the molecule is CC1CCC2(CCc3c(O)ccc(I)c32)CC1. The Bertz CT molecular complexity index is 444. The molecule has 1 saturated carbocycles. The third-order valence-electron chi connectivity index (χ3n) is 4.85. The van der Waals surface area contributed by atoms with Gasteiger partial charge in [-0.1, -0.05) is 6.92 Å². The maximum atomic E-state index is 10.0. The first kappa shape index (κ1) is 11.8. The summed E-state index contributed by atoms with van der Waals surface area (Å²) in [7, 11) is 0. The van der Waals surface area contributed by atoms with Gasteiger partial charge < -0.3 is 5.11 Å². The summed E-state index contributed by atoms with van der Waals surface area (Å²) in [4.78, 5) is 0. The van der Waals surface area contributed by atoms with Crippen LogP contribution in [-0.4, -0.2) is 5.11 Å². The van der Waals surface area contributed by atoms with Gasteiger partial charge in [-0.2, -0.15) is 0 Å². The molecule has 1 nitrogen and oxygen atoms in total. The van der Waals surface area contributed by atoms with Gasteiger partial charge in [0.2, 0.25) is 0 Å². The summed E-state index contributed by atoms with van der Waals surface area (Å²) in [6, 6.07) is 3.95. The number of benzene rings is 1. The Morgan fingerprint density at radius 3 is 2.65 bits per heavy atom. The Morgan fingerprint density at radius 1 is 1.24 bits per heavy atom. The molecule has 3 rings (SSSR count). The van der Waals surface area contributed by atoms with Crippen LogP contribution in [0.2, 0.25) is 0 Å². The normalized spacial score (nSPS) is 31.8. The standard InChI is InChI=1S/C15H19IO/c1-10-4-7-15(8-5-10)9-6-11-13(17)3-2-12(16)14(11)15/h2-3,10,17H,4-9H2,1H3. The summed E-state index contributed by atoms with van der Waals surface area (Å²) in [6.45, 7) is 2.37. The van der Waals surface area contributed by atoms with Crippen LogP contribution in [0, 0.1) is 9.49 Å². The van der Waals surface area contributed by atoms with Crippen LogP contribution < -0.4 is 0 Å². The number of aromatic hydroxyl groups is 1. The van der Waals surface area contributed by atoms with Gasteiger partial charge in [0.1, 0.15) is 5.75 Å². The molecule has 1 N–H and O–H groups in total. The van der Waals surface area contributed by atoms with E-state index in [1.54, 1.807) is 0 Å². The number of phenols is 1. The lowest BCUT2D eigenvalue weighted by Gasteiger charge is -2.37. The highest BCUT2D eigenvalue weighted by atomic mass is 127. The van der Waals surface area contributed by atoms with E-state index in [9.17, 15) is 5.11 Å². The zero-order chi connectivity index (χ0) is 12.0. The fourth-order valence-corrected chi connectivity index (χ4v) is 4.82. The Morgan fingerprint density at radius 2 is 1.94 bits per heavy atom. The molecule has 0 amide bonds. The van der Waals surface area contributed by atoms with Crippen LogP contribution in [0.5, 0.6) is 5.75 Å². The first-order valence-electron chi connectivity index (χ1n) is 6.63. The summed E-state index contributed by atoms with van der Waals surface area (Å²) < 4.78 is 1.36. The van der Waals surface area contributed by atoms with Crippen molar-refractivity contribution in [3.8, 4) is 5.75 Å². The summed E-state index contributed by atoms with van der Waals surface area (Å²) in [6.07, 6.45) is 7.67. The van der Waals surface area contributed by atoms with Gasteiger partial charge in [0.15, 0.2) is 0 Å². The Kier molecular flexibility index (Phi) is 2.88. The minimum atomic E-state index is 0.400. The molecule has 1 aromatic carbocycles. The molecular weight excluding hydrogens is 323 g/mol. The fourth-order valence-electron chi connectivity index (χ4n) is 3.74. The Labute approximate surface area is 117 Å². The predicted octanol–water partition coefficient (Wildman–Crippen LogP) is 4.39. The molecule has 1 fully saturated rings. The van der Waals surface area contributed by atoms with Gasteiger partial charge in [0, 0.05) is 3.57 Å². The fraction of sp³-hybridized carbons (Fsp3) is 0.600. The van der Waals surface area contributed by atoms with Crippen molar-refractivity contribution in [2.45, 2.75) is 50.9 Å². The number of phenolic OH excluding ortho intramolecular Hbond substituents is 1. The van der Waals surface area contributed by atoms with E-state index in [0.717, 1.165) is 12.3 Å². The molecule has 0 heterocycles. The van der Waals surface area contributed by atoms with Crippen molar-refractivity contribution in [2.24, 2.45) is 5.92 Å². The third kappa shape index (κ3) is 1.79. The molecule has 92 valence electrons. The molecule has 0 atom stereocenters. The second kappa shape index (κ2) is 4.15. The van der Waals surface area contributed by atoms with Crippen molar-refractivity contribution in [3.63, 3.8) is 0 Å². The summed E-state index contributed by atoms with van der Waals surface area (Å²) in [5, 5.41) is 10.0. The quantitative estimate of drug-likeness (QED) is 0.694. The van der Waals surface area contributed by atoms with E-state index in [1.165, 1.54) is 46.8 Å². The largest absolute Gasteiger partial charge is 0.508 e. The van der Waals surface area contributed by atoms with Crippen LogP contribution in [0.1, 0.15) is 50.2 Å². The van der Waals surface area contributed by atoms with Crippen LogP contribution in [0.4, 0.5) is 0 Å². The molecule has 1 aromatic rings. The summed E-state index contributed by atoms with van der Waals surface area (Å²) >= 11 is 2.45. The van der Waals surface area contributed by atoms with E-state index in [-0.39, 0.29) is 0 Å². The van der Waals surface area contributed by atoms with E-state index in [0.29, 0.717) is 11.2 Å². The second-order valence-corrected chi connectivity index (χ2v) is 7.05. The van der Waals surface area contributed by atoms with Crippen molar-refractivity contribution < 1.29 is 5.11 Å². The van der Waals surface area contributed by atoms with E-state index >= 15 is 0 Å².